The van der Waals surface area contributed by atoms with Gasteiger partial charge in [-0.1, -0.05) is 6.07 Å². The summed E-state index contributed by atoms with van der Waals surface area (Å²) in [6.07, 6.45) is 0. The van der Waals surface area contributed by atoms with Gasteiger partial charge in [0, 0.05) is 0 Å². The molecule has 0 radical (unpaired) electrons. The molecule has 17 heavy (non-hydrogen) atoms. The molecule has 1 amide bonds. The Morgan fingerprint density at radius 2 is 2.06 bits per heavy atom. The standard InChI is InChI=1S/C11H14N2O3S/c1-11(2,17)10(15)13-8-6-4-5-7(12-8)9(14)16-3/h4-6,17H,1-3H3,(H,12,13,15). The van der Waals surface area contributed by atoms with Gasteiger partial charge in [0.2, 0.25) is 5.91 Å². The van der Waals surface area contributed by atoms with Gasteiger partial charge in [-0.25, -0.2) is 9.78 Å². The van der Waals surface area contributed by atoms with Gasteiger partial charge in [-0.3, -0.25) is 4.79 Å². The van der Waals surface area contributed by atoms with E-state index >= 15 is 0 Å². The molecule has 0 aliphatic heterocycles. The molecule has 5 nitrogen and oxygen atoms in total. The second-order valence-corrected chi connectivity index (χ2v) is 5.03. The van der Waals surface area contributed by atoms with Crippen molar-refractivity contribution >= 4 is 30.3 Å². The lowest BCUT2D eigenvalue weighted by Gasteiger charge is -2.16. The van der Waals surface area contributed by atoms with Crippen LogP contribution in [-0.4, -0.2) is 28.7 Å². The highest BCUT2D eigenvalue weighted by Gasteiger charge is 2.23. The lowest BCUT2D eigenvalue weighted by Crippen LogP contribution is -2.32. The molecule has 1 N–H and O–H groups in total. The maximum atomic E-state index is 11.6. The summed E-state index contributed by atoms with van der Waals surface area (Å²) in [6, 6.07) is 4.71. The van der Waals surface area contributed by atoms with Gasteiger partial charge in [-0.2, -0.15) is 12.6 Å². The van der Waals surface area contributed by atoms with Gasteiger partial charge in [0.25, 0.3) is 0 Å². The monoisotopic (exact) mass is 254 g/mol. The van der Waals surface area contributed by atoms with Crippen molar-refractivity contribution in [2.45, 2.75) is 18.6 Å². The second-order valence-electron chi connectivity index (χ2n) is 3.91. The van der Waals surface area contributed by atoms with Crippen LogP contribution in [-0.2, 0) is 9.53 Å². The van der Waals surface area contributed by atoms with E-state index < -0.39 is 10.7 Å². The van der Waals surface area contributed by atoms with E-state index in [1.54, 1.807) is 26.0 Å². The van der Waals surface area contributed by atoms with Gasteiger partial charge in [0.15, 0.2) is 5.69 Å². The quantitative estimate of drug-likeness (QED) is 0.634. The molecule has 0 atom stereocenters. The molecule has 0 bridgehead atoms. The number of nitrogens with zero attached hydrogens (tertiary/aromatic N) is 1. The van der Waals surface area contributed by atoms with Gasteiger partial charge in [0.1, 0.15) is 5.82 Å². The molecule has 0 saturated heterocycles. The van der Waals surface area contributed by atoms with Crippen molar-refractivity contribution in [2.24, 2.45) is 0 Å². The first kappa shape index (κ1) is 13.5. The molecule has 1 rings (SSSR count). The number of carbonyl (C=O) groups is 2. The summed E-state index contributed by atoms with van der Waals surface area (Å²) in [6.45, 7) is 3.32. The van der Waals surface area contributed by atoms with Crippen LogP contribution in [0.1, 0.15) is 24.3 Å². The lowest BCUT2D eigenvalue weighted by atomic mass is 10.2. The van der Waals surface area contributed by atoms with E-state index in [0.29, 0.717) is 5.82 Å². The summed E-state index contributed by atoms with van der Waals surface area (Å²) in [5, 5.41) is 2.57. The molecule has 0 aliphatic carbocycles. The van der Waals surface area contributed by atoms with Crippen molar-refractivity contribution < 1.29 is 14.3 Å². The Balaban J connectivity index is 2.87. The fourth-order valence-electron chi connectivity index (χ4n) is 0.992. The molecule has 1 heterocycles. The zero-order valence-corrected chi connectivity index (χ0v) is 10.7. The minimum absolute atomic E-state index is 0.141. The summed E-state index contributed by atoms with van der Waals surface area (Å²) in [5.41, 5.74) is 0.141. The average molecular weight is 254 g/mol. The van der Waals surface area contributed by atoms with Crippen molar-refractivity contribution in [1.82, 2.24) is 4.98 Å². The molecule has 0 aromatic carbocycles. The molecule has 0 fully saturated rings. The number of hydrogen-bond donors (Lipinski definition) is 2. The van der Waals surface area contributed by atoms with Crippen LogP contribution in [0, 0.1) is 0 Å². The number of methoxy groups -OCH3 is 1. The largest absolute Gasteiger partial charge is 0.464 e. The highest BCUT2D eigenvalue weighted by molar-refractivity contribution is 7.82. The highest BCUT2D eigenvalue weighted by Crippen LogP contribution is 2.15. The summed E-state index contributed by atoms with van der Waals surface area (Å²) in [4.78, 5) is 26.8. The third kappa shape index (κ3) is 3.74. The minimum atomic E-state index is -0.817. The van der Waals surface area contributed by atoms with Crippen LogP contribution in [0.5, 0.6) is 0 Å². The third-order valence-electron chi connectivity index (χ3n) is 1.94. The van der Waals surface area contributed by atoms with E-state index in [1.165, 1.54) is 13.2 Å². The van der Waals surface area contributed by atoms with Crippen molar-refractivity contribution in [3.8, 4) is 0 Å². The summed E-state index contributed by atoms with van der Waals surface area (Å²) in [7, 11) is 1.27. The second kappa shape index (κ2) is 5.18. The van der Waals surface area contributed by atoms with Crippen molar-refractivity contribution in [2.75, 3.05) is 12.4 Å². The first-order valence-electron chi connectivity index (χ1n) is 4.94. The fourth-order valence-corrected chi connectivity index (χ4v) is 1.05. The van der Waals surface area contributed by atoms with Crippen LogP contribution >= 0.6 is 12.6 Å². The molecule has 1 aromatic heterocycles. The van der Waals surface area contributed by atoms with Crippen LogP contribution in [0.2, 0.25) is 0 Å². The van der Waals surface area contributed by atoms with Gasteiger partial charge in [0.05, 0.1) is 11.9 Å². The maximum Gasteiger partial charge on any atom is 0.356 e. The number of aromatic nitrogens is 1. The van der Waals surface area contributed by atoms with Crippen LogP contribution in [0.25, 0.3) is 0 Å². The predicted octanol–water partition coefficient (Wildman–Crippen LogP) is 1.52. The molecule has 0 aliphatic rings. The Morgan fingerprint density at radius 3 is 2.59 bits per heavy atom. The van der Waals surface area contributed by atoms with Crippen LogP contribution in [0.15, 0.2) is 18.2 Å². The number of pyridine rings is 1. The molecular formula is C11H14N2O3S. The Morgan fingerprint density at radius 1 is 1.41 bits per heavy atom. The topological polar surface area (TPSA) is 68.3 Å². The van der Waals surface area contributed by atoms with Crippen molar-refractivity contribution in [1.29, 1.82) is 0 Å². The molecule has 1 aromatic rings. The number of nitrogens with one attached hydrogen (secondary N) is 1. The van der Waals surface area contributed by atoms with Gasteiger partial charge in [-0.05, 0) is 26.0 Å². The van der Waals surface area contributed by atoms with Crippen LogP contribution in [0.4, 0.5) is 5.82 Å². The number of carbonyl (C=O) groups excluding carboxylic acids is 2. The first-order chi connectivity index (χ1) is 7.84. The lowest BCUT2D eigenvalue weighted by molar-refractivity contribution is -0.117. The SMILES string of the molecule is COC(=O)c1cccc(NC(=O)C(C)(C)S)n1. The van der Waals surface area contributed by atoms with E-state index in [9.17, 15) is 9.59 Å². The number of ether oxygens (including phenoxy) is 1. The summed E-state index contributed by atoms with van der Waals surface area (Å²) in [5.74, 6) is -0.554. The molecule has 0 spiro atoms. The number of rotatable bonds is 3. The van der Waals surface area contributed by atoms with Gasteiger partial charge < -0.3 is 10.1 Å². The summed E-state index contributed by atoms with van der Waals surface area (Å²) < 4.78 is 3.72. The summed E-state index contributed by atoms with van der Waals surface area (Å²) >= 11 is 4.13. The maximum absolute atomic E-state index is 11.6. The van der Waals surface area contributed by atoms with E-state index in [0.717, 1.165) is 0 Å². The Hall–Kier alpha value is -1.56. The first-order valence-corrected chi connectivity index (χ1v) is 5.38. The third-order valence-corrected chi connectivity index (χ3v) is 2.14. The molecule has 0 saturated carbocycles. The zero-order valence-electron chi connectivity index (χ0n) is 9.85. The molecule has 6 heteroatoms. The number of hydrogen-bond acceptors (Lipinski definition) is 5. The minimum Gasteiger partial charge on any atom is -0.464 e. The fraction of sp³-hybridized carbons (Fsp3) is 0.364. The Labute approximate surface area is 105 Å². The van der Waals surface area contributed by atoms with E-state index in [4.69, 9.17) is 0 Å². The van der Waals surface area contributed by atoms with Crippen molar-refractivity contribution in [3.63, 3.8) is 0 Å². The normalized spacial score (nSPS) is 10.8. The van der Waals surface area contributed by atoms with E-state index in [1.807, 2.05) is 0 Å². The molecule has 0 unspecified atom stereocenters. The van der Waals surface area contributed by atoms with Gasteiger partial charge >= 0.3 is 5.97 Å². The number of amides is 1. The molecule has 92 valence electrons. The zero-order chi connectivity index (χ0) is 13.1. The Bertz CT molecular complexity index is 441. The van der Waals surface area contributed by atoms with Crippen LogP contribution < -0.4 is 5.32 Å². The average Bonchev–Trinajstić information content (AvgIpc) is 2.27. The van der Waals surface area contributed by atoms with Gasteiger partial charge in [-0.15, -0.1) is 0 Å². The number of anilines is 1. The van der Waals surface area contributed by atoms with E-state index in [-0.39, 0.29) is 11.6 Å². The van der Waals surface area contributed by atoms with Crippen molar-refractivity contribution in [3.05, 3.63) is 23.9 Å². The number of esters is 1. The number of thiol groups is 1. The Kier molecular flexibility index (Phi) is 4.11. The smallest absolute Gasteiger partial charge is 0.356 e. The predicted molar refractivity (Wildman–Crippen MR) is 67.3 cm³/mol. The van der Waals surface area contributed by atoms with Crippen LogP contribution in [0.3, 0.4) is 0 Å². The van der Waals surface area contributed by atoms with E-state index in [2.05, 4.69) is 27.7 Å². The highest BCUT2D eigenvalue weighted by atomic mass is 32.1. The molecular weight excluding hydrogens is 240 g/mol.